The summed E-state index contributed by atoms with van der Waals surface area (Å²) < 4.78 is 0. The Kier molecular flexibility index (Phi) is 4.61. The van der Waals surface area contributed by atoms with Gasteiger partial charge in [-0.3, -0.25) is 0 Å². The Balaban J connectivity index is 1.92. The molecule has 0 N–H and O–H groups in total. The van der Waals surface area contributed by atoms with Crippen molar-refractivity contribution < 1.29 is 0 Å². The van der Waals surface area contributed by atoms with Gasteiger partial charge in [0.2, 0.25) is 0 Å². The van der Waals surface area contributed by atoms with Gasteiger partial charge in [0.15, 0.2) is 21.8 Å². The molecule has 1 aromatic heterocycles. The maximum absolute atomic E-state index is 6.18. The average molecular weight is 331 g/mol. The summed E-state index contributed by atoms with van der Waals surface area (Å²) in [6, 6.07) is 9.49. The standard InChI is InChI=1S/C16H12Cl2N4/c17-14-13(22-21-12-9-5-2-6-10-12)15(18)20-16(19-14)11-7-3-1-4-8-11/h1,3-5,7-10H,2,6H2. The number of hydrogen-bond acceptors (Lipinski definition) is 4. The molecule has 0 amide bonds. The van der Waals surface area contributed by atoms with Crippen molar-refractivity contribution in [3.8, 4) is 11.4 Å². The van der Waals surface area contributed by atoms with Crippen LogP contribution in [0.4, 0.5) is 5.69 Å². The third-order valence-electron chi connectivity index (χ3n) is 3.07. The summed E-state index contributed by atoms with van der Waals surface area (Å²) in [6.07, 6.45) is 7.94. The summed E-state index contributed by atoms with van der Waals surface area (Å²) in [7, 11) is 0. The van der Waals surface area contributed by atoms with E-state index in [-0.39, 0.29) is 16.0 Å². The molecule has 3 rings (SSSR count). The second kappa shape index (κ2) is 6.81. The summed E-state index contributed by atoms with van der Waals surface area (Å²) in [5.74, 6) is 0.464. The minimum atomic E-state index is 0.183. The smallest absolute Gasteiger partial charge is 0.162 e. The number of nitrogens with zero attached hydrogens (tertiary/aromatic N) is 4. The number of rotatable bonds is 3. The average Bonchev–Trinajstić information content (AvgIpc) is 2.56. The number of azo groups is 1. The minimum Gasteiger partial charge on any atom is -0.214 e. The van der Waals surface area contributed by atoms with Crippen LogP contribution in [-0.2, 0) is 0 Å². The number of benzene rings is 1. The van der Waals surface area contributed by atoms with Gasteiger partial charge in [-0.25, -0.2) is 9.97 Å². The molecule has 1 heterocycles. The largest absolute Gasteiger partial charge is 0.214 e. The van der Waals surface area contributed by atoms with Crippen molar-refractivity contribution >= 4 is 28.9 Å². The lowest BCUT2D eigenvalue weighted by Gasteiger charge is -2.04. The molecule has 0 radical (unpaired) electrons. The molecule has 0 atom stereocenters. The monoisotopic (exact) mass is 330 g/mol. The molecule has 0 fully saturated rings. The van der Waals surface area contributed by atoms with Gasteiger partial charge in [0.25, 0.3) is 0 Å². The van der Waals surface area contributed by atoms with Gasteiger partial charge in [-0.1, -0.05) is 65.7 Å². The van der Waals surface area contributed by atoms with Crippen LogP contribution in [0.1, 0.15) is 12.8 Å². The molecule has 1 aliphatic rings. The van der Waals surface area contributed by atoms with Crippen LogP contribution in [0, 0.1) is 0 Å². The molecule has 2 aromatic rings. The van der Waals surface area contributed by atoms with Crippen molar-refractivity contribution in [2.24, 2.45) is 10.2 Å². The van der Waals surface area contributed by atoms with Gasteiger partial charge in [-0.05, 0) is 18.9 Å². The van der Waals surface area contributed by atoms with Gasteiger partial charge in [0.1, 0.15) is 0 Å². The van der Waals surface area contributed by atoms with E-state index in [9.17, 15) is 0 Å². The molecule has 0 saturated carbocycles. The molecule has 0 unspecified atom stereocenters. The Labute approximate surface area is 138 Å². The van der Waals surface area contributed by atoms with Gasteiger partial charge >= 0.3 is 0 Å². The number of allylic oxidation sites excluding steroid dienone is 3. The second-order valence-corrected chi connectivity index (χ2v) is 5.37. The highest BCUT2D eigenvalue weighted by Gasteiger charge is 2.12. The fraction of sp³-hybridized carbons (Fsp3) is 0.125. The summed E-state index contributed by atoms with van der Waals surface area (Å²) in [5.41, 5.74) is 1.90. The molecular weight excluding hydrogens is 319 g/mol. The lowest BCUT2D eigenvalue weighted by atomic mass is 10.2. The highest BCUT2D eigenvalue weighted by molar-refractivity contribution is 6.37. The van der Waals surface area contributed by atoms with Gasteiger partial charge in [0, 0.05) is 5.56 Å². The molecule has 0 spiro atoms. The molecule has 0 aliphatic heterocycles. The number of halogens is 2. The SMILES string of the molecule is Clc1nc(-c2ccccc2)nc(Cl)c1N=NC1=CCCC=C1. The summed E-state index contributed by atoms with van der Waals surface area (Å²) in [5, 5.41) is 8.57. The Morgan fingerprint density at radius 2 is 1.64 bits per heavy atom. The van der Waals surface area contributed by atoms with Crippen molar-refractivity contribution in [2.45, 2.75) is 12.8 Å². The van der Waals surface area contributed by atoms with Crippen LogP contribution in [-0.4, -0.2) is 9.97 Å². The predicted octanol–water partition coefficient (Wildman–Crippen LogP) is 5.77. The summed E-state index contributed by atoms with van der Waals surface area (Å²) >= 11 is 12.4. The highest BCUT2D eigenvalue weighted by Crippen LogP contribution is 2.33. The van der Waals surface area contributed by atoms with Crippen molar-refractivity contribution in [2.75, 3.05) is 0 Å². The van der Waals surface area contributed by atoms with Crippen LogP contribution < -0.4 is 0 Å². The van der Waals surface area contributed by atoms with E-state index < -0.39 is 0 Å². The first kappa shape index (κ1) is 14.9. The quantitative estimate of drug-likeness (QED) is 0.530. The van der Waals surface area contributed by atoms with Crippen LogP contribution in [0.15, 0.2) is 64.5 Å². The molecular formula is C16H12Cl2N4. The Hall–Kier alpha value is -2.04. The predicted molar refractivity (Wildman–Crippen MR) is 88.5 cm³/mol. The fourth-order valence-electron chi connectivity index (χ4n) is 1.98. The molecule has 22 heavy (non-hydrogen) atoms. The van der Waals surface area contributed by atoms with E-state index in [1.807, 2.05) is 48.6 Å². The van der Waals surface area contributed by atoms with E-state index in [0.717, 1.165) is 24.1 Å². The zero-order chi connectivity index (χ0) is 15.4. The maximum Gasteiger partial charge on any atom is 0.162 e. The van der Waals surface area contributed by atoms with Crippen molar-refractivity contribution in [3.05, 3.63) is 64.6 Å². The van der Waals surface area contributed by atoms with Gasteiger partial charge in [-0.15, -0.1) is 5.11 Å². The molecule has 0 bridgehead atoms. The van der Waals surface area contributed by atoms with E-state index in [1.165, 1.54) is 0 Å². The van der Waals surface area contributed by atoms with Crippen LogP contribution in [0.3, 0.4) is 0 Å². The first-order valence-electron chi connectivity index (χ1n) is 6.81. The van der Waals surface area contributed by atoms with E-state index >= 15 is 0 Å². The molecule has 110 valence electrons. The number of aromatic nitrogens is 2. The van der Waals surface area contributed by atoms with Crippen molar-refractivity contribution in [3.63, 3.8) is 0 Å². The van der Waals surface area contributed by atoms with Gasteiger partial charge in [0.05, 0.1) is 5.70 Å². The Morgan fingerprint density at radius 3 is 2.27 bits per heavy atom. The number of hydrogen-bond donors (Lipinski definition) is 0. The van der Waals surface area contributed by atoms with E-state index in [0.29, 0.717) is 5.82 Å². The molecule has 0 saturated heterocycles. The molecule has 1 aliphatic carbocycles. The summed E-state index contributed by atoms with van der Waals surface area (Å²) in [6.45, 7) is 0. The van der Waals surface area contributed by atoms with E-state index in [4.69, 9.17) is 23.2 Å². The minimum absolute atomic E-state index is 0.183. The lowest BCUT2D eigenvalue weighted by Crippen LogP contribution is -1.91. The zero-order valence-electron chi connectivity index (χ0n) is 11.6. The van der Waals surface area contributed by atoms with E-state index in [2.05, 4.69) is 20.2 Å². The topological polar surface area (TPSA) is 50.5 Å². The lowest BCUT2D eigenvalue weighted by molar-refractivity contribution is 0.991. The van der Waals surface area contributed by atoms with Crippen molar-refractivity contribution in [1.29, 1.82) is 0 Å². The Morgan fingerprint density at radius 1 is 0.909 bits per heavy atom. The van der Waals surface area contributed by atoms with E-state index in [1.54, 1.807) is 0 Å². The molecule has 6 heteroatoms. The zero-order valence-corrected chi connectivity index (χ0v) is 13.1. The maximum atomic E-state index is 6.18. The van der Waals surface area contributed by atoms with Crippen LogP contribution in [0.25, 0.3) is 11.4 Å². The highest BCUT2D eigenvalue weighted by atomic mass is 35.5. The third kappa shape index (κ3) is 3.40. The van der Waals surface area contributed by atoms with Crippen molar-refractivity contribution in [1.82, 2.24) is 9.97 Å². The van der Waals surface area contributed by atoms with Crippen LogP contribution in [0.2, 0.25) is 10.3 Å². The summed E-state index contributed by atoms with van der Waals surface area (Å²) in [4.78, 5) is 8.49. The normalized spacial score (nSPS) is 14.4. The molecule has 4 nitrogen and oxygen atoms in total. The Bertz CT molecular complexity index is 744. The van der Waals surface area contributed by atoms with Gasteiger partial charge < -0.3 is 0 Å². The fourth-order valence-corrected chi connectivity index (χ4v) is 2.45. The van der Waals surface area contributed by atoms with Gasteiger partial charge in [-0.2, -0.15) is 5.11 Å². The first-order chi connectivity index (χ1) is 10.7. The first-order valence-corrected chi connectivity index (χ1v) is 7.56. The van der Waals surface area contributed by atoms with Crippen LogP contribution in [0.5, 0.6) is 0 Å². The van der Waals surface area contributed by atoms with Crippen LogP contribution >= 0.6 is 23.2 Å². The third-order valence-corrected chi connectivity index (χ3v) is 3.60. The second-order valence-electron chi connectivity index (χ2n) is 4.65. The molecule has 1 aromatic carbocycles.